The summed E-state index contributed by atoms with van der Waals surface area (Å²) < 4.78 is 98.6. The molecule has 4 atom stereocenters. The second kappa shape index (κ2) is 10.1. The molecule has 0 amide bonds. The van der Waals surface area contributed by atoms with Gasteiger partial charge in [-0.1, -0.05) is 55.4 Å². The van der Waals surface area contributed by atoms with E-state index in [0.29, 0.717) is 0 Å². The van der Waals surface area contributed by atoms with Gasteiger partial charge in [0, 0.05) is 7.11 Å². The fraction of sp³-hybridized carbons (Fsp3) is 1.00. The van der Waals surface area contributed by atoms with Crippen molar-refractivity contribution in [1.29, 1.82) is 0 Å². The lowest BCUT2D eigenvalue weighted by Gasteiger charge is -2.51. The number of hydrogen-bond acceptors (Lipinski definition) is 8. The van der Waals surface area contributed by atoms with Gasteiger partial charge in [0.05, 0.1) is 6.61 Å². The summed E-state index contributed by atoms with van der Waals surface area (Å²) in [6.45, 7) is 15.8. The lowest BCUT2D eigenvalue weighted by Crippen LogP contribution is -2.66. The standard InChI is InChI=1S/C19H37F3O8SSi2/c1-11(2)32(12(3)4)26-10-15-16(29-33(30-32,13(5)6)14(7)8)17(18(25-9)27-15)28-31(23,24)19(20,21)22/h11-18H,10H2,1-9H3/t15-,16-,17-,18-/m1/s1. The number of alkyl halides is 3. The Bertz CT molecular complexity index is 759. The molecule has 0 radical (unpaired) electrons. The molecule has 2 saturated heterocycles. The van der Waals surface area contributed by atoms with Gasteiger partial charge < -0.3 is 22.4 Å². The molecule has 0 unspecified atom stereocenters. The lowest BCUT2D eigenvalue weighted by atomic mass is 10.1. The third-order valence-electron chi connectivity index (χ3n) is 6.35. The molecular formula is C19H37F3O8SSi2. The summed E-state index contributed by atoms with van der Waals surface area (Å²) >= 11 is 0. The molecule has 0 aliphatic carbocycles. The first kappa shape index (κ1) is 29.2. The second-order valence-corrected chi connectivity index (χ2v) is 20.2. The number of rotatable bonds is 7. The molecule has 14 heteroatoms. The molecule has 0 aromatic carbocycles. The quantitative estimate of drug-likeness (QED) is 0.265. The maximum atomic E-state index is 13.1. The average molecular weight is 539 g/mol. The van der Waals surface area contributed by atoms with Crippen molar-refractivity contribution >= 4 is 27.2 Å². The molecule has 2 rings (SSSR count). The minimum Gasteiger partial charge on any atom is -0.414 e. The predicted octanol–water partition coefficient (Wildman–Crippen LogP) is 4.55. The smallest absolute Gasteiger partial charge is 0.414 e. The number of hydrogen-bond donors (Lipinski definition) is 0. The SMILES string of the molecule is CO[C@@H]1O[C@@H]2CO[Si](C(C)C)(C(C)C)O[Si](C(C)C)(C(C)C)O[C@H]2[C@H]1OS(=O)(=O)C(F)(F)F. The summed E-state index contributed by atoms with van der Waals surface area (Å²) in [5.74, 6) is 0. The second-order valence-electron chi connectivity index (χ2n) is 9.80. The summed E-state index contributed by atoms with van der Waals surface area (Å²) in [7, 11) is -10.8. The van der Waals surface area contributed by atoms with E-state index in [1.165, 1.54) is 7.11 Å². The van der Waals surface area contributed by atoms with Gasteiger partial charge in [-0.15, -0.1) is 0 Å². The van der Waals surface area contributed by atoms with Crippen LogP contribution in [0.3, 0.4) is 0 Å². The topological polar surface area (TPSA) is 89.5 Å². The van der Waals surface area contributed by atoms with Crippen LogP contribution in [0.2, 0.25) is 22.2 Å². The van der Waals surface area contributed by atoms with Crippen LogP contribution in [0.25, 0.3) is 0 Å². The Labute approximate surface area is 197 Å². The minimum absolute atomic E-state index is 0.0420. The fourth-order valence-electron chi connectivity index (χ4n) is 4.60. The summed E-state index contributed by atoms with van der Waals surface area (Å²) in [6.07, 6.45) is -5.13. The fourth-order valence-corrected chi connectivity index (χ4v) is 16.4. The van der Waals surface area contributed by atoms with E-state index in [1.807, 2.05) is 55.4 Å². The predicted molar refractivity (Wildman–Crippen MR) is 119 cm³/mol. The van der Waals surface area contributed by atoms with Crippen LogP contribution in [0.15, 0.2) is 0 Å². The highest BCUT2D eigenvalue weighted by Gasteiger charge is 2.63. The number of fused-ring (bicyclic) bond motifs is 1. The van der Waals surface area contributed by atoms with Crippen LogP contribution in [0.4, 0.5) is 13.2 Å². The Kier molecular flexibility index (Phi) is 8.95. The first-order valence-electron chi connectivity index (χ1n) is 11.1. The van der Waals surface area contributed by atoms with E-state index in [-0.39, 0.29) is 28.8 Å². The zero-order chi connectivity index (χ0) is 25.6. The highest BCUT2D eigenvalue weighted by atomic mass is 32.2. The maximum absolute atomic E-state index is 13.1. The molecule has 2 aliphatic heterocycles. The molecule has 8 nitrogen and oxygen atoms in total. The van der Waals surface area contributed by atoms with Gasteiger partial charge in [-0.25, -0.2) is 0 Å². The summed E-state index contributed by atoms with van der Waals surface area (Å²) in [6, 6.07) is 0. The van der Waals surface area contributed by atoms with Gasteiger partial charge >= 0.3 is 32.7 Å². The van der Waals surface area contributed by atoms with Crippen LogP contribution < -0.4 is 0 Å². The zero-order valence-electron chi connectivity index (χ0n) is 20.6. The van der Waals surface area contributed by atoms with E-state index in [2.05, 4.69) is 4.18 Å². The van der Waals surface area contributed by atoms with Crippen LogP contribution >= 0.6 is 0 Å². The minimum atomic E-state index is -5.92. The molecule has 33 heavy (non-hydrogen) atoms. The molecule has 2 fully saturated rings. The van der Waals surface area contributed by atoms with Crippen LogP contribution in [0.1, 0.15) is 55.4 Å². The van der Waals surface area contributed by atoms with Crippen molar-refractivity contribution in [1.82, 2.24) is 0 Å². The first-order chi connectivity index (χ1) is 14.9. The largest absolute Gasteiger partial charge is 0.523 e. The zero-order valence-corrected chi connectivity index (χ0v) is 23.5. The van der Waals surface area contributed by atoms with Crippen molar-refractivity contribution in [2.75, 3.05) is 13.7 Å². The third-order valence-corrected chi connectivity index (χ3v) is 17.6. The number of methoxy groups -OCH3 is 1. The monoisotopic (exact) mass is 538 g/mol. The van der Waals surface area contributed by atoms with Crippen molar-refractivity contribution in [3.8, 4) is 0 Å². The Morgan fingerprint density at radius 1 is 0.909 bits per heavy atom. The first-order valence-corrected chi connectivity index (χ1v) is 16.5. The molecule has 0 bridgehead atoms. The number of ether oxygens (including phenoxy) is 2. The van der Waals surface area contributed by atoms with Crippen molar-refractivity contribution in [3.05, 3.63) is 0 Å². The van der Waals surface area contributed by atoms with E-state index in [4.69, 9.17) is 22.4 Å². The molecular weight excluding hydrogens is 501 g/mol. The van der Waals surface area contributed by atoms with E-state index in [9.17, 15) is 21.6 Å². The molecule has 0 saturated carbocycles. The molecule has 0 aromatic rings. The third kappa shape index (κ3) is 5.38. The van der Waals surface area contributed by atoms with Crippen LogP contribution in [-0.2, 0) is 36.7 Å². The summed E-state index contributed by atoms with van der Waals surface area (Å²) in [5.41, 5.74) is -5.73. The Morgan fingerprint density at radius 3 is 1.79 bits per heavy atom. The number of halogens is 3. The Morgan fingerprint density at radius 2 is 1.39 bits per heavy atom. The maximum Gasteiger partial charge on any atom is 0.523 e. The van der Waals surface area contributed by atoms with Crippen LogP contribution in [0.5, 0.6) is 0 Å². The molecule has 2 heterocycles. The summed E-state index contributed by atoms with van der Waals surface area (Å²) in [4.78, 5) is 0. The highest BCUT2D eigenvalue weighted by molar-refractivity contribution is 7.87. The van der Waals surface area contributed by atoms with Crippen molar-refractivity contribution in [2.45, 2.75) is 108 Å². The highest BCUT2D eigenvalue weighted by Crippen LogP contribution is 2.48. The Hall–Kier alpha value is -0.0662. The Balaban J connectivity index is 2.61. The van der Waals surface area contributed by atoms with E-state index in [0.717, 1.165) is 0 Å². The van der Waals surface area contributed by atoms with E-state index >= 15 is 0 Å². The molecule has 0 N–H and O–H groups in total. The van der Waals surface area contributed by atoms with Gasteiger partial charge in [-0.2, -0.15) is 21.6 Å². The molecule has 196 valence electrons. The van der Waals surface area contributed by atoms with Gasteiger partial charge in [0.25, 0.3) is 0 Å². The van der Waals surface area contributed by atoms with Gasteiger partial charge in [0.1, 0.15) is 12.2 Å². The molecule has 0 spiro atoms. The van der Waals surface area contributed by atoms with Gasteiger partial charge in [0.2, 0.25) is 0 Å². The van der Waals surface area contributed by atoms with Crippen LogP contribution in [-0.4, -0.2) is 69.4 Å². The lowest BCUT2D eigenvalue weighted by molar-refractivity contribution is -0.150. The van der Waals surface area contributed by atoms with Crippen LogP contribution in [0, 0.1) is 0 Å². The van der Waals surface area contributed by atoms with Crippen molar-refractivity contribution in [3.63, 3.8) is 0 Å². The molecule has 2 aliphatic rings. The molecule has 0 aromatic heterocycles. The normalized spacial score (nSPS) is 30.7. The van der Waals surface area contributed by atoms with Gasteiger partial charge in [-0.3, -0.25) is 4.18 Å². The van der Waals surface area contributed by atoms with E-state index < -0.39 is 57.4 Å². The van der Waals surface area contributed by atoms with Gasteiger partial charge in [0.15, 0.2) is 12.4 Å². The van der Waals surface area contributed by atoms with Crippen molar-refractivity contribution in [2.24, 2.45) is 0 Å². The van der Waals surface area contributed by atoms with Crippen molar-refractivity contribution < 1.29 is 48.2 Å². The van der Waals surface area contributed by atoms with Gasteiger partial charge in [-0.05, 0) is 22.2 Å². The summed E-state index contributed by atoms with van der Waals surface area (Å²) in [5, 5.41) is 0. The average Bonchev–Trinajstić information content (AvgIpc) is 2.95. The van der Waals surface area contributed by atoms with E-state index in [1.54, 1.807) is 0 Å².